The Morgan fingerprint density at radius 1 is 1.03 bits per heavy atom. The van der Waals surface area contributed by atoms with Gasteiger partial charge in [0.2, 0.25) is 0 Å². The molecule has 0 bridgehead atoms. The van der Waals surface area contributed by atoms with Gasteiger partial charge >= 0.3 is 5.97 Å². The van der Waals surface area contributed by atoms with E-state index < -0.39 is 11.6 Å². The molecule has 0 radical (unpaired) electrons. The lowest BCUT2D eigenvalue weighted by molar-refractivity contribution is -0.137. The number of hydrogen-bond donors (Lipinski definition) is 2. The van der Waals surface area contributed by atoms with Gasteiger partial charge in [-0.15, -0.1) is 0 Å². The summed E-state index contributed by atoms with van der Waals surface area (Å²) in [6.45, 7) is 3.64. The Morgan fingerprint density at radius 2 is 1.82 bits per heavy atom. The average Bonchev–Trinajstić information content (AvgIpc) is 2.91. The van der Waals surface area contributed by atoms with Gasteiger partial charge in [0, 0.05) is 22.1 Å². The number of nitrogens with zero attached hydrogens (tertiary/aromatic N) is 1. The minimum atomic E-state index is -0.909. The van der Waals surface area contributed by atoms with E-state index in [1.165, 1.54) is 5.56 Å². The Hall–Kier alpha value is -3.12. The first-order valence-corrected chi connectivity index (χ1v) is 14.6. The molecular formula is C33H34ClNO3S. The number of carboxylic acid groups (broad SMARTS) is 1. The molecule has 0 saturated carbocycles. The lowest BCUT2D eigenvalue weighted by atomic mass is 9.90. The van der Waals surface area contributed by atoms with Crippen LogP contribution in [0.1, 0.15) is 66.3 Å². The molecule has 1 atom stereocenters. The van der Waals surface area contributed by atoms with Crippen molar-refractivity contribution < 1.29 is 15.0 Å². The van der Waals surface area contributed by atoms with Crippen molar-refractivity contribution >= 4 is 52.4 Å². The van der Waals surface area contributed by atoms with Crippen molar-refractivity contribution in [3.8, 4) is 0 Å². The van der Waals surface area contributed by atoms with Crippen LogP contribution in [0.2, 0.25) is 5.02 Å². The number of aliphatic hydroxyl groups is 1. The lowest BCUT2D eigenvalue weighted by Gasteiger charge is -2.23. The van der Waals surface area contributed by atoms with Crippen molar-refractivity contribution in [1.29, 1.82) is 0 Å². The van der Waals surface area contributed by atoms with Crippen LogP contribution >= 0.6 is 23.4 Å². The van der Waals surface area contributed by atoms with E-state index in [0.29, 0.717) is 11.4 Å². The molecule has 1 aromatic heterocycles. The number of aliphatic carboxylic acids is 1. The molecule has 6 heteroatoms. The van der Waals surface area contributed by atoms with E-state index in [1.807, 2.05) is 68.5 Å². The van der Waals surface area contributed by atoms with Crippen LogP contribution in [0.4, 0.5) is 0 Å². The van der Waals surface area contributed by atoms with Gasteiger partial charge < -0.3 is 10.2 Å². The summed E-state index contributed by atoms with van der Waals surface area (Å²) in [4.78, 5) is 15.7. The maximum Gasteiger partial charge on any atom is 0.303 e. The summed E-state index contributed by atoms with van der Waals surface area (Å²) >= 11 is 7.95. The first kappa shape index (κ1) is 28.9. The molecule has 0 aliphatic rings. The molecule has 4 rings (SSSR count). The smallest absolute Gasteiger partial charge is 0.303 e. The molecule has 4 aromatic rings. The zero-order valence-corrected chi connectivity index (χ0v) is 23.9. The Balaban J connectivity index is 1.53. The molecule has 0 spiro atoms. The topological polar surface area (TPSA) is 70.4 Å². The average molecular weight is 560 g/mol. The molecule has 4 nitrogen and oxygen atoms in total. The molecule has 0 fully saturated rings. The highest BCUT2D eigenvalue weighted by Crippen LogP contribution is 2.36. The number of aryl methyl sites for hydroxylation is 1. The highest BCUT2D eigenvalue weighted by atomic mass is 35.5. The van der Waals surface area contributed by atoms with Gasteiger partial charge in [-0.25, -0.2) is 4.98 Å². The van der Waals surface area contributed by atoms with E-state index in [0.717, 1.165) is 51.9 Å². The number of aromatic nitrogens is 1. The van der Waals surface area contributed by atoms with Crippen LogP contribution in [0, 0.1) is 0 Å². The van der Waals surface area contributed by atoms with Crippen molar-refractivity contribution in [3.63, 3.8) is 0 Å². The van der Waals surface area contributed by atoms with Gasteiger partial charge in [-0.1, -0.05) is 78.3 Å². The highest BCUT2D eigenvalue weighted by molar-refractivity contribution is 7.99. The van der Waals surface area contributed by atoms with E-state index in [2.05, 4.69) is 36.4 Å². The SMILES string of the molecule is CC(C)(O)c1ccccc1CCC(SCCCC(=O)O)c1cccc(C=Cc2ccc3ccc(Cl)cc3n2)c1. The Bertz CT molecular complexity index is 1460. The number of rotatable bonds is 12. The summed E-state index contributed by atoms with van der Waals surface area (Å²) in [5, 5.41) is 21.6. The first-order chi connectivity index (χ1) is 18.7. The molecule has 3 aromatic carbocycles. The monoisotopic (exact) mass is 559 g/mol. The standard InChI is InChI=1S/C33H34ClNO3S/c1-33(2,38)29-10-4-3-8-24(29)15-19-31(39-20-6-11-32(36)37)26-9-5-7-23(21-26)12-17-28-18-14-25-13-16-27(34)22-30(25)35-28/h3-5,7-10,12-14,16-18,21-22,31,38H,6,11,15,19-20H2,1-2H3,(H,36,37). The van der Waals surface area contributed by atoms with Crippen molar-refractivity contribution in [1.82, 2.24) is 4.98 Å². The van der Waals surface area contributed by atoms with Gasteiger partial charge in [-0.3, -0.25) is 4.79 Å². The van der Waals surface area contributed by atoms with E-state index in [4.69, 9.17) is 21.7 Å². The van der Waals surface area contributed by atoms with E-state index in [9.17, 15) is 9.90 Å². The highest BCUT2D eigenvalue weighted by Gasteiger charge is 2.21. The summed E-state index contributed by atoms with van der Waals surface area (Å²) in [5.41, 5.74) is 5.18. The molecule has 0 aliphatic heterocycles. The quantitative estimate of drug-likeness (QED) is 0.170. The second-order valence-corrected chi connectivity index (χ2v) is 11.9. The van der Waals surface area contributed by atoms with Gasteiger partial charge in [0.25, 0.3) is 0 Å². The number of pyridine rings is 1. The van der Waals surface area contributed by atoms with Gasteiger partial charge in [-0.2, -0.15) is 11.8 Å². The molecular weight excluding hydrogens is 526 g/mol. The fourth-order valence-electron chi connectivity index (χ4n) is 4.66. The van der Waals surface area contributed by atoms with Crippen LogP contribution in [-0.2, 0) is 16.8 Å². The third-order valence-corrected chi connectivity index (χ3v) is 8.28. The van der Waals surface area contributed by atoms with Gasteiger partial charge in [0.1, 0.15) is 0 Å². The van der Waals surface area contributed by atoms with Gasteiger partial charge in [0.15, 0.2) is 0 Å². The van der Waals surface area contributed by atoms with Gasteiger partial charge in [-0.05, 0) is 85.4 Å². The van der Waals surface area contributed by atoms with E-state index in [-0.39, 0.29) is 11.7 Å². The number of carboxylic acids is 1. The van der Waals surface area contributed by atoms with Gasteiger partial charge in [0.05, 0.1) is 16.8 Å². The first-order valence-electron chi connectivity index (χ1n) is 13.2. The largest absolute Gasteiger partial charge is 0.481 e. The van der Waals surface area contributed by atoms with Crippen molar-refractivity contribution in [2.24, 2.45) is 0 Å². The van der Waals surface area contributed by atoms with Crippen LogP contribution in [0.15, 0.2) is 78.9 Å². The third-order valence-electron chi connectivity index (χ3n) is 6.61. The predicted molar refractivity (Wildman–Crippen MR) is 164 cm³/mol. The fourth-order valence-corrected chi connectivity index (χ4v) is 6.05. The van der Waals surface area contributed by atoms with Crippen LogP contribution in [0.25, 0.3) is 23.1 Å². The number of halogens is 1. The van der Waals surface area contributed by atoms with Crippen LogP contribution in [-0.4, -0.2) is 26.9 Å². The van der Waals surface area contributed by atoms with Crippen LogP contribution in [0.5, 0.6) is 0 Å². The fraction of sp³-hybridized carbons (Fsp3) is 0.273. The third kappa shape index (κ3) is 8.43. The van der Waals surface area contributed by atoms with E-state index in [1.54, 1.807) is 11.8 Å². The molecule has 1 unspecified atom stereocenters. The Morgan fingerprint density at radius 3 is 2.62 bits per heavy atom. The number of thioether (sulfide) groups is 1. The molecule has 39 heavy (non-hydrogen) atoms. The molecule has 0 aliphatic carbocycles. The van der Waals surface area contributed by atoms with E-state index >= 15 is 0 Å². The second kappa shape index (κ2) is 13.3. The normalized spacial score (nSPS) is 12.7. The maximum atomic E-state index is 11.0. The molecule has 0 saturated heterocycles. The number of carbonyl (C=O) groups is 1. The zero-order chi connectivity index (χ0) is 27.8. The lowest BCUT2D eigenvalue weighted by Crippen LogP contribution is -2.18. The number of benzene rings is 3. The minimum absolute atomic E-state index is 0.175. The molecule has 2 N–H and O–H groups in total. The van der Waals surface area contributed by atoms with Crippen molar-refractivity contribution in [2.45, 2.75) is 50.4 Å². The number of fused-ring (bicyclic) bond motifs is 1. The molecule has 202 valence electrons. The predicted octanol–water partition coefficient (Wildman–Crippen LogP) is 8.56. The number of hydrogen-bond acceptors (Lipinski definition) is 4. The zero-order valence-electron chi connectivity index (χ0n) is 22.3. The summed E-state index contributed by atoms with van der Waals surface area (Å²) in [6.07, 6.45) is 6.58. The maximum absolute atomic E-state index is 11.0. The summed E-state index contributed by atoms with van der Waals surface area (Å²) in [5.74, 6) is 0.0104. The summed E-state index contributed by atoms with van der Waals surface area (Å²) in [7, 11) is 0. The molecule has 0 amide bonds. The van der Waals surface area contributed by atoms with Crippen LogP contribution in [0.3, 0.4) is 0 Å². The Labute approximate surface area is 239 Å². The minimum Gasteiger partial charge on any atom is -0.481 e. The summed E-state index contributed by atoms with van der Waals surface area (Å²) < 4.78 is 0. The Kier molecular flexibility index (Phi) is 9.84. The molecule has 1 heterocycles. The summed E-state index contributed by atoms with van der Waals surface area (Å²) in [6, 6.07) is 26.3. The second-order valence-electron chi connectivity index (χ2n) is 10.2. The van der Waals surface area contributed by atoms with Crippen LogP contribution < -0.4 is 0 Å². The van der Waals surface area contributed by atoms with Crippen molar-refractivity contribution in [2.75, 3.05) is 5.75 Å². The van der Waals surface area contributed by atoms with Crippen molar-refractivity contribution in [3.05, 3.63) is 112 Å².